The zero-order valence-electron chi connectivity index (χ0n) is 8.62. The molecule has 15 heavy (non-hydrogen) atoms. The molecule has 78 valence electrons. The van der Waals surface area contributed by atoms with Gasteiger partial charge in [-0.05, 0) is 12.0 Å². The molecule has 1 atom stereocenters. The van der Waals surface area contributed by atoms with Gasteiger partial charge in [0.05, 0.1) is 6.04 Å². The lowest BCUT2D eigenvalue weighted by atomic mass is 10.1. The highest BCUT2D eigenvalue weighted by atomic mass is 15.1. The first-order valence-corrected chi connectivity index (χ1v) is 4.83. The Bertz CT molecular complexity index is 353. The topological polar surface area (TPSA) is 71.7 Å². The van der Waals surface area contributed by atoms with E-state index in [-0.39, 0.29) is 12.0 Å². The molecule has 4 heteroatoms. The minimum atomic E-state index is 0.0354. The molecule has 0 saturated heterocycles. The van der Waals surface area contributed by atoms with Crippen LogP contribution in [0.5, 0.6) is 0 Å². The van der Waals surface area contributed by atoms with Gasteiger partial charge in [0.2, 0.25) is 5.96 Å². The van der Waals surface area contributed by atoms with Gasteiger partial charge in [0, 0.05) is 0 Å². The third kappa shape index (κ3) is 3.31. The van der Waals surface area contributed by atoms with E-state index in [2.05, 4.69) is 10.6 Å². The molecule has 1 aromatic rings. The van der Waals surface area contributed by atoms with Crippen LogP contribution in [0, 0.1) is 16.9 Å². The lowest BCUT2D eigenvalue weighted by Crippen LogP contribution is -2.35. The summed E-state index contributed by atoms with van der Waals surface area (Å²) in [5.74, 6) is 0.0354. The predicted octanol–water partition coefficient (Wildman–Crippen LogP) is 1.73. The summed E-state index contributed by atoms with van der Waals surface area (Å²) in [6.07, 6.45) is 2.57. The number of nitrogens with one attached hydrogen (secondary N) is 3. The van der Waals surface area contributed by atoms with Crippen LogP contribution < -0.4 is 10.6 Å². The minimum Gasteiger partial charge on any atom is -0.349 e. The molecule has 0 aromatic heterocycles. The number of hydrogen-bond acceptors (Lipinski definition) is 2. The van der Waals surface area contributed by atoms with Gasteiger partial charge >= 0.3 is 0 Å². The maximum absolute atomic E-state index is 8.35. The third-order valence-corrected chi connectivity index (χ3v) is 2.11. The molecule has 0 spiro atoms. The van der Waals surface area contributed by atoms with Crippen LogP contribution in [0.15, 0.2) is 30.3 Å². The van der Waals surface area contributed by atoms with Gasteiger partial charge in [0.15, 0.2) is 6.19 Å². The summed E-state index contributed by atoms with van der Waals surface area (Å²) in [5.41, 5.74) is 1.12. The second kappa shape index (κ2) is 5.66. The van der Waals surface area contributed by atoms with Gasteiger partial charge in [-0.25, -0.2) is 0 Å². The summed E-state index contributed by atoms with van der Waals surface area (Å²) in [6, 6.07) is 9.94. The molecule has 1 rings (SSSR count). The van der Waals surface area contributed by atoms with Crippen LogP contribution in [0.25, 0.3) is 0 Å². The maximum atomic E-state index is 8.35. The molecule has 0 bridgehead atoms. The molecule has 1 unspecified atom stereocenters. The van der Waals surface area contributed by atoms with Crippen molar-refractivity contribution in [3.8, 4) is 6.19 Å². The summed E-state index contributed by atoms with van der Waals surface area (Å²) in [7, 11) is 0. The molecule has 0 radical (unpaired) electrons. The van der Waals surface area contributed by atoms with E-state index < -0.39 is 0 Å². The molecule has 0 saturated carbocycles. The highest BCUT2D eigenvalue weighted by Gasteiger charge is 2.09. The van der Waals surface area contributed by atoms with E-state index >= 15 is 0 Å². The van der Waals surface area contributed by atoms with Crippen LogP contribution in [-0.2, 0) is 0 Å². The van der Waals surface area contributed by atoms with Crippen molar-refractivity contribution in [2.75, 3.05) is 0 Å². The van der Waals surface area contributed by atoms with Crippen LogP contribution in [0.4, 0.5) is 0 Å². The first-order chi connectivity index (χ1) is 7.27. The number of rotatable bonds is 3. The van der Waals surface area contributed by atoms with Crippen molar-refractivity contribution in [3.63, 3.8) is 0 Å². The molecule has 1 aromatic carbocycles. The monoisotopic (exact) mass is 202 g/mol. The van der Waals surface area contributed by atoms with Crippen LogP contribution >= 0.6 is 0 Å². The fraction of sp³-hybridized carbons (Fsp3) is 0.273. The molecule has 0 aliphatic carbocycles. The van der Waals surface area contributed by atoms with Crippen molar-refractivity contribution < 1.29 is 0 Å². The Balaban J connectivity index is 2.65. The Labute approximate surface area is 89.4 Å². The lowest BCUT2D eigenvalue weighted by molar-refractivity contribution is 0.615. The van der Waals surface area contributed by atoms with E-state index in [1.807, 2.05) is 37.3 Å². The Morgan fingerprint density at radius 2 is 2.13 bits per heavy atom. The molecule has 4 nitrogen and oxygen atoms in total. The predicted molar refractivity (Wildman–Crippen MR) is 59.1 cm³/mol. The SMILES string of the molecule is CCC(NC(=N)NC#N)c1ccccc1. The molecule has 0 heterocycles. The highest BCUT2D eigenvalue weighted by Crippen LogP contribution is 2.15. The van der Waals surface area contributed by atoms with E-state index in [4.69, 9.17) is 10.7 Å². The fourth-order valence-electron chi connectivity index (χ4n) is 1.37. The van der Waals surface area contributed by atoms with Crippen LogP contribution in [0.3, 0.4) is 0 Å². The molecular weight excluding hydrogens is 188 g/mol. The molecular formula is C11H14N4. The van der Waals surface area contributed by atoms with Gasteiger partial charge in [-0.2, -0.15) is 5.26 Å². The number of hydrogen-bond donors (Lipinski definition) is 3. The number of nitrogens with zero attached hydrogens (tertiary/aromatic N) is 1. The van der Waals surface area contributed by atoms with Gasteiger partial charge in [0.25, 0.3) is 0 Å². The fourth-order valence-corrected chi connectivity index (χ4v) is 1.37. The summed E-state index contributed by atoms with van der Waals surface area (Å²) < 4.78 is 0. The van der Waals surface area contributed by atoms with Crippen LogP contribution in [0.2, 0.25) is 0 Å². The van der Waals surface area contributed by atoms with Crippen molar-refractivity contribution in [1.82, 2.24) is 10.6 Å². The normalized spacial score (nSPS) is 11.2. The zero-order valence-corrected chi connectivity index (χ0v) is 8.62. The average molecular weight is 202 g/mol. The summed E-state index contributed by atoms with van der Waals surface area (Å²) >= 11 is 0. The van der Waals surface area contributed by atoms with E-state index in [1.165, 1.54) is 0 Å². The standard InChI is InChI=1S/C11H14N4/c1-2-10(15-11(13)14-8-12)9-6-4-3-5-7-9/h3-7,10H,2H2,1H3,(H3,13,14,15). The number of benzene rings is 1. The zero-order chi connectivity index (χ0) is 11.1. The van der Waals surface area contributed by atoms with Gasteiger partial charge in [-0.1, -0.05) is 37.3 Å². The van der Waals surface area contributed by atoms with E-state index in [1.54, 1.807) is 6.19 Å². The molecule has 0 aliphatic rings. The summed E-state index contributed by atoms with van der Waals surface area (Å²) in [5, 5.41) is 21.0. The second-order valence-electron chi connectivity index (χ2n) is 3.13. The minimum absolute atomic E-state index is 0.0354. The van der Waals surface area contributed by atoms with Crippen molar-refractivity contribution in [3.05, 3.63) is 35.9 Å². The molecule has 3 N–H and O–H groups in total. The van der Waals surface area contributed by atoms with Crippen LogP contribution in [0.1, 0.15) is 24.9 Å². The highest BCUT2D eigenvalue weighted by molar-refractivity contribution is 5.78. The summed E-state index contributed by atoms with van der Waals surface area (Å²) in [4.78, 5) is 0. The first kappa shape index (κ1) is 11.1. The Morgan fingerprint density at radius 1 is 1.47 bits per heavy atom. The van der Waals surface area contributed by atoms with E-state index in [0.29, 0.717) is 0 Å². The molecule has 0 aliphatic heterocycles. The van der Waals surface area contributed by atoms with Gasteiger partial charge in [-0.15, -0.1) is 0 Å². The van der Waals surface area contributed by atoms with Crippen molar-refractivity contribution in [2.45, 2.75) is 19.4 Å². The van der Waals surface area contributed by atoms with E-state index in [0.717, 1.165) is 12.0 Å². The maximum Gasteiger partial charge on any atom is 0.202 e. The molecule has 0 amide bonds. The van der Waals surface area contributed by atoms with Gasteiger partial charge < -0.3 is 5.32 Å². The Morgan fingerprint density at radius 3 is 2.67 bits per heavy atom. The Kier molecular flexibility index (Phi) is 4.17. The molecule has 0 fully saturated rings. The first-order valence-electron chi connectivity index (χ1n) is 4.83. The van der Waals surface area contributed by atoms with Crippen molar-refractivity contribution in [2.24, 2.45) is 0 Å². The quantitative estimate of drug-likeness (QED) is 0.302. The largest absolute Gasteiger partial charge is 0.349 e. The summed E-state index contributed by atoms with van der Waals surface area (Å²) in [6.45, 7) is 2.03. The van der Waals surface area contributed by atoms with Gasteiger partial charge in [0.1, 0.15) is 0 Å². The van der Waals surface area contributed by atoms with E-state index in [9.17, 15) is 0 Å². The smallest absolute Gasteiger partial charge is 0.202 e. The second-order valence-corrected chi connectivity index (χ2v) is 3.13. The third-order valence-electron chi connectivity index (χ3n) is 2.11. The van der Waals surface area contributed by atoms with Crippen molar-refractivity contribution in [1.29, 1.82) is 10.7 Å². The average Bonchev–Trinajstić information content (AvgIpc) is 2.27. The Hall–Kier alpha value is -2.02. The number of guanidine groups is 1. The van der Waals surface area contributed by atoms with Gasteiger partial charge in [-0.3, -0.25) is 10.7 Å². The van der Waals surface area contributed by atoms with Crippen LogP contribution in [-0.4, -0.2) is 5.96 Å². The lowest BCUT2D eigenvalue weighted by Gasteiger charge is -2.17. The number of nitriles is 1. The van der Waals surface area contributed by atoms with Crippen molar-refractivity contribution >= 4 is 5.96 Å².